The summed E-state index contributed by atoms with van der Waals surface area (Å²) in [5.41, 5.74) is 0. The van der Waals surface area contributed by atoms with E-state index in [1.807, 2.05) is 0 Å². The van der Waals surface area contributed by atoms with Gasteiger partial charge in [0.1, 0.15) is 12.4 Å². The number of halogens is 1. The van der Waals surface area contributed by atoms with E-state index in [4.69, 9.17) is 26.2 Å². The van der Waals surface area contributed by atoms with Crippen molar-refractivity contribution in [2.75, 3.05) is 40.0 Å². The Morgan fingerprint density at radius 2 is 1.89 bits per heavy atom. The van der Waals surface area contributed by atoms with E-state index < -0.39 is 5.97 Å². The fourth-order valence-electron chi connectivity index (χ4n) is 1.51. The summed E-state index contributed by atoms with van der Waals surface area (Å²) in [6.45, 7) is 1.98. The van der Waals surface area contributed by atoms with Crippen molar-refractivity contribution in [1.29, 1.82) is 0 Å². The highest BCUT2D eigenvalue weighted by atomic mass is 35.5. The molecule has 19 heavy (non-hydrogen) atoms. The van der Waals surface area contributed by atoms with Crippen LogP contribution in [0.1, 0.15) is 0 Å². The zero-order chi connectivity index (χ0) is 14.1. The van der Waals surface area contributed by atoms with Crippen LogP contribution in [-0.4, -0.2) is 55.9 Å². The number of hydrogen-bond donors (Lipinski definition) is 1. The topological polar surface area (TPSA) is 59.0 Å². The van der Waals surface area contributed by atoms with Gasteiger partial charge in [-0.3, -0.25) is 9.69 Å². The standard InChI is InChI=1S/C13H18ClNO4/c1-18-8-6-15(10-13(16)17)7-9-19-12-4-2-11(14)3-5-12/h2-5H,6-10H2,1H3,(H,16,17). The number of methoxy groups -OCH3 is 1. The molecule has 0 amide bonds. The molecule has 0 radical (unpaired) electrons. The number of carboxylic acid groups (broad SMARTS) is 1. The fraction of sp³-hybridized carbons (Fsp3) is 0.462. The highest BCUT2D eigenvalue weighted by molar-refractivity contribution is 6.30. The van der Waals surface area contributed by atoms with E-state index in [9.17, 15) is 4.79 Å². The summed E-state index contributed by atoms with van der Waals surface area (Å²) < 4.78 is 10.5. The van der Waals surface area contributed by atoms with Gasteiger partial charge in [0.15, 0.2) is 0 Å². The lowest BCUT2D eigenvalue weighted by Gasteiger charge is -2.19. The number of aliphatic carboxylic acids is 1. The average Bonchev–Trinajstić information content (AvgIpc) is 2.37. The lowest BCUT2D eigenvalue weighted by Crippen LogP contribution is -2.35. The van der Waals surface area contributed by atoms with Crippen molar-refractivity contribution in [3.63, 3.8) is 0 Å². The summed E-state index contributed by atoms with van der Waals surface area (Å²) in [4.78, 5) is 12.5. The average molecular weight is 288 g/mol. The summed E-state index contributed by atoms with van der Waals surface area (Å²) >= 11 is 5.77. The van der Waals surface area contributed by atoms with E-state index in [1.165, 1.54) is 0 Å². The van der Waals surface area contributed by atoms with Crippen molar-refractivity contribution >= 4 is 17.6 Å². The van der Waals surface area contributed by atoms with E-state index in [-0.39, 0.29) is 6.54 Å². The van der Waals surface area contributed by atoms with Gasteiger partial charge >= 0.3 is 5.97 Å². The van der Waals surface area contributed by atoms with Crippen LogP contribution < -0.4 is 4.74 Å². The minimum absolute atomic E-state index is 0.0205. The number of hydrogen-bond acceptors (Lipinski definition) is 4. The third kappa shape index (κ3) is 7.00. The fourth-order valence-corrected chi connectivity index (χ4v) is 1.63. The second-order valence-corrected chi connectivity index (χ2v) is 4.40. The lowest BCUT2D eigenvalue weighted by atomic mass is 10.3. The Hall–Kier alpha value is -1.30. The van der Waals surface area contributed by atoms with Crippen LogP contribution in [0.4, 0.5) is 0 Å². The van der Waals surface area contributed by atoms with Gasteiger partial charge in [-0.05, 0) is 24.3 Å². The van der Waals surface area contributed by atoms with Crippen LogP contribution >= 0.6 is 11.6 Å². The molecule has 0 aromatic heterocycles. The first-order valence-electron chi connectivity index (χ1n) is 5.93. The van der Waals surface area contributed by atoms with Crippen molar-refractivity contribution in [2.45, 2.75) is 0 Å². The van der Waals surface area contributed by atoms with Crippen molar-refractivity contribution in [3.05, 3.63) is 29.3 Å². The van der Waals surface area contributed by atoms with Crippen molar-refractivity contribution in [1.82, 2.24) is 4.90 Å². The molecule has 5 nitrogen and oxygen atoms in total. The van der Waals surface area contributed by atoms with E-state index in [0.29, 0.717) is 37.1 Å². The number of benzene rings is 1. The van der Waals surface area contributed by atoms with Crippen molar-refractivity contribution < 1.29 is 19.4 Å². The van der Waals surface area contributed by atoms with Crippen LogP contribution in [0, 0.1) is 0 Å². The Morgan fingerprint density at radius 1 is 1.26 bits per heavy atom. The van der Waals surface area contributed by atoms with Gasteiger partial charge in [0.25, 0.3) is 0 Å². The van der Waals surface area contributed by atoms with Crippen LogP contribution in [0.2, 0.25) is 5.02 Å². The monoisotopic (exact) mass is 287 g/mol. The Morgan fingerprint density at radius 3 is 2.47 bits per heavy atom. The molecule has 1 aromatic rings. The molecule has 1 aromatic carbocycles. The third-order valence-corrected chi connectivity index (χ3v) is 2.71. The van der Waals surface area contributed by atoms with Gasteiger partial charge in [0, 0.05) is 25.2 Å². The second kappa shape index (κ2) is 8.74. The highest BCUT2D eigenvalue weighted by Gasteiger charge is 2.09. The predicted octanol–water partition coefficient (Wildman–Crippen LogP) is 1.75. The summed E-state index contributed by atoms with van der Waals surface area (Å²) in [6, 6.07) is 7.05. The SMILES string of the molecule is COCCN(CCOc1ccc(Cl)cc1)CC(=O)O. The largest absolute Gasteiger partial charge is 0.492 e. The second-order valence-electron chi connectivity index (χ2n) is 3.97. The van der Waals surface area contributed by atoms with Crippen LogP contribution in [0.3, 0.4) is 0 Å². The van der Waals surface area contributed by atoms with Gasteiger partial charge in [0.05, 0.1) is 13.2 Å². The van der Waals surface area contributed by atoms with E-state index in [0.717, 1.165) is 0 Å². The molecule has 106 valence electrons. The Bertz CT molecular complexity index is 383. The quantitative estimate of drug-likeness (QED) is 0.750. The van der Waals surface area contributed by atoms with Gasteiger partial charge in [0.2, 0.25) is 0 Å². The van der Waals surface area contributed by atoms with Gasteiger partial charge < -0.3 is 14.6 Å². The number of rotatable bonds is 9. The van der Waals surface area contributed by atoms with Crippen molar-refractivity contribution in [3.8, 4) is 5.75 Å². The van der Waals surface area contributed by atoms with Gasteiger partial charge in [-0.15, -0.1) is 0 Å². The first kappa shape index (κ1) is 15.8. The summed E-state index contributed by atoms with van der Waals surface area (Å²) in [5, 5.41) is 9.44. The van der Waals surface area contributed by atoms with Crippen LogP contribution in [0.5, 0.6) is 5.75 Å². The molecule has 0 saturated heterocycles. The Kier molecular flexibility index (Phi) is 7.25. The molecule has 0 bridgehead atoms. The zero-order valence-electron chi connectivity index (χ0n) is 10.8. The number of nitrogens with zero attached hydrogens (tertiary/aromatic N) is 1. The minimum atomic E-state index is -0.859. The van der Waals surface area contributed by atoms with Gasteiger partial charge in [-0.2, -0.15) is 0 Å². The van der Waals surface area contributed by atoms with Crippen LogP contribution in [0.25, 0.3) is 0 Å². The molecule has 0 unspecified atom stereocenters. The highest BCUT2D eigenvalue weighted by Crippen LogP contribution is 2.15. The smallest absolute Gasteiger partial charge is 0.317 e. The Balaban J connectivity index is 2.34. The molecule has 6 heteroatoms. The summed E-state index contributed by atoms with van der Waals surface area (Å²) in [6.07, 6.45) is 0. The molecule has 0 aliphatic carbocycles. The molecular formula is C13H18ClNO4. The number of carbonyl (C=O) groups is 1. The molecule has 0 aliphatic heterocycles. The maximum atomic E-state index is 10.7. The Labute approximate surface area is 117 Å². The molecule has 1 rings (SSSR count). The van der Waals surface area contributed by atoms with Gasteiger partial charge in [-0.1, -0.05) is 11.6 Å². The summed E-state index contributed by atoms with van der Waals surface area (Å²) in [5.74, 6) is -0.144. The normalized spacial score (nSPS) is 10.7. The van der Waals surface area contributed by atoms with E-state index in [1.54, 1.807) is 36.3 Å². The van der Waals surface area contributed by atoms with Crippen LogP contribution in [0.15, 0.2) is 24.3 Å². The molecule has 0 saturated carbocycles. The van der Waals surface area contributed by atoms with Gasteiger partial charge in [-0.25, -0.2) is 0 Å². The maximum Gasteiger partial charge on any atom is 0.317 e. The number of ether oxygens (including phenoxy) is 2. The van der Waals surface area contributed by atoms with E-state index >= 15 is 0 Å². The molecule has 0 atom stereocenters. The molecule has 0 spiro atoms. The molecule has 1 N–H and O–H groups in total. The molecule has 0 fully saturated rings. The molecule has 0 heterocycles. The maximum absolute atomic E-state index is 10.7. The molecule has 0 aliphatic rings. The summed E-state index contributed by atoms with van der Waals surface area (Å²) in [7, 11) is 1.59. The first-order valence-corrected chi connectivity index (χ1v) is 6.31. The first-order chi connectivity index (χ1) is 9.11. The van der Waals surface area contributed by atoms with E-state index in [2.05, 4.69) is 0 Å². The molecular weight excluding hydrogens is 270 g/mol. The zero-order valence-corrected chi connectivity index (χ0v) is 11.6. The van der Waals surface area contributed by atoms with Crippen molar-refractivity contribution in [2.24, 2.45) is 0 Å². The lowest BCUT2D eigenvalue weighted by molar-refractivity contribution is -0.138. The van der Waals surface area contributed by atoms with Crippen LogP contribution in [-0.2, 0) is 9.53 Å². The predicted molar refractivity (Wildman–Crippen MR) is 72.9 cm³/mol. The third-order valence-electron chi connectivity index (χ3n) is 2.46. The minimum Gasteiger partial charge on any atom is -0.492 e. The number of carboxylic acids is 1.